The normalized spacial score (nSPS) is 10.7. The van der Waals surface area contributed by atoms with E-state index in [1.807, 2.05) is 6.92 Å². The number of nitrogens with zero attached hydrogens (tertiary/aromatic N) is 3. The summed E-state index contributed by atoms with van der Waals surface area (Å²) in [5.74, 6) is -0.403. The van der Waals surface area contributed by atoms with Gasteiger partial charge in [-0.3, -0.25) is 10.1 Å². The van der Waals surface area contributed by atoms with Gasteiger partial charge in [-0.05, 0) is 32.0 Å². The first-order chi connectivity index (χ1) is 10.6. The third-order valence-corrected chi connectivity index (χ3v) is 3.42. The van der Waals surface area contributed by atoms with Crippen LogP contribution < -0.4 is 5.32 Å². The molecule has 0 saturated carbocycles. The second kappa shape index (κ2) is 5.44. The maximum Gasteiger partial charge on any atom is 0.259 e. The molecule has 0 unspecified atom stereocenters. The molecule has 0 atom stereocenters. The number of H-pyrrole nitrogens is 1. The van der Waals surface area contributed by atoms with Crippen molar-refractivity contribution in [2.75, 3.05) is 5.32 Å². The van der Waals surface area contributed by atoms with E-state index in [1.165, 1.54) is 12.4 Å². The molecule has 0 fully saturated rings. The van der Waals surface area contributed by atoms with E-state index >= 15 is 0 Å². The number of rotatable bonds is 3. The first-order valence-corrected chi connectivity index (χ1v) is 6.68. The number of aromatic nitrogens is 4. The van der Waals surface area contributed by atoms with Gasteiger partial charge >= 0.3 is 0 Å². The molecule has 2 heterocycles. The summed E-state index contributed by atoms with van der Waals surface area (Å²) in [5.41, 5.74) is 2.29. The highest BCUT2D eigenvalue weighted by molar-refractivity contribution is 6.04. The SMILES string of the molecule is Cc1cc(C(=O)Nc2ncn[nH]2)c(C)n1-c1ccccc1F. The average molecular weight is 299 g/mol. The second-order valence-corrected chi connectivity index (χ2v) is 4.86. The van der Waals surface area contributed by atoms with Gasteiger partial charge in [0, 0.05) is 11.4 Å². The molecule has 22 heavy (non-hydrogen) atoms. The summed E-state index contributed by atoms with van der Waals surface area (Å²) in [5, 5.41) is 8.84. The lowest BCUT2D eigenvalue weighted by Gasteiger charge is -2.10. The van der Waals surface area contributed by atoms with E-state index < -0.39 is 0 Å². The quantitative estimate of drug-likeness (QED) is 0.780. The van der Waals surface area contributed by atoms with Crippen LogP contribution in [-0.4, -0.2) is 25.7 Å². The Kier molecular flexibility index (Phi) is 3.46. The Morgan fingerprint density at radius 1 is 1.32 bits per heavy atom. The Balaban J connectivity index is 2.00. The molecule has 0 aliphatic carbocycles. The van der Waals surface area contributed by atoms with Crippen LogP contribution in [0.15, 0.2) is 36.7 Å². The summed E-state index contributed by atoms with van der Waals surface area (Å²) < 4.78 is 15.7. The zero-order chi connectivity index (χ0) is 15.7. The van der Waals surface area contributed by atoms with Crippen LogP contribution in [0.4, 0.5) is 10.3 Å². The van der Waals surface area contributed by atoms with E-state index in [2.05, 4.69) is 20.5 Å². The lowest BCUT2D eigenvalue weighted by atomic mass is 10.2. The van der Waals surface area contributed by atoms with Crippen LogP contribution in [0, 0.1) is 19.7 Å². The number of carbonyl (C=O) groups excluding carboxylic acids is 1. The second-order valence-electron chi connectivity index (χ2n) is 4.86. The molecule has 2 aromatic heterocycles. The van der Waals surface area contributed by atoms with E-state index in [9.17, 15) is 9.18 Å². The third-order valence-electron chi connectivity index (χ3n) is 3.42. The standard InChI is InChI=1S/C15H14FN5O/c1-9-7-11(14(22)19-15-17-8-18-20-15)10(2)21(9)13-6-4-3-5-12(13)16/h3-8H,1-2H3,(H2,17,18,19,20,22). The first kappa shape index (κ1) is 14.0. The number of amides is 1. The van der Waals surface area contributed by atoms with Crippen molar-refractivity contribution in [2.24, 2.45) is 0 Å². The highest BCUT2D eigenvalue weighted by Crippen LogP contribution is 2.23. The van der Waals surface area contributed by atoms with Crippen molar-refractivity contribution in [3.05, 3.63) is 59.4 Å². The van der Waals surface area contributed by atoms with Crippen LogP contribution in [0.3, 0.4) is 0 Å². The van der Waals surface area contributed by atoms with E-state index in [4.69, 9.17) is 0 Å². The van der Waals surface area contributed by atoms with Crippen LogP contribution in [-0.2, 0) is 0 Å². The van der Waals surface area contributed by atoms with Crippen molar-refractivity contribution in [1.29, 1.82) is 0 Å². The minimum atomic E-state index is -0.341. The zero-order valence-corrected chi connectivity index (χ0v) is 12.1. The van der Waals surface area contributed by atoms with Crippen LogP contribution in [0.1, 0.15) is 21.7 Å². The molecular weight excluding hydrogens is 285 g/mol. The highest BCUT2D eigenvalue weighted by Gasteiger charge is 2.18. The monoisotopic (exact) mass is 299 g/mol. The smallest absolute Gasteiger partial charge is 0.259 e. The maximum atomic E-state index is 14.0. The van der Waals surface area contributed by atoms with Gasteiger partial charge in [-0.1, -0.05) is 12.1 Å². The number of hydrogen-bond donors (Lipinski definition) is 2. The molecule has 0 saturated heterocycles. The molecule has 0 aliphatic rings. The van der Waals surface area contributed by atoms with Crippen molar-refractivity contribution in [3.8, 4) is 5.69 Å². The van der Waals surface area contributed by atoms with Crippen molar-refractivity contribution in [1.82, 2.24) is 19.7 Å². The van der Waals surface area contributed by atoms with Crippen LogP contribution in [0.25, 0.3) is 5.69 Å². The molecule has 112 valence electrons. The summed E-state index contributed by atoms with van der Waals surface area (Å²) in [4.78, 5) is 16.2. The predicted octanol–water partition coefficient (Wildman–Crippen LogP) is 2.60. The van der Waals surface area contributed by atoms with Gasteiger partial charge in [0.05, 0.1) is 11.3 Å². The number of aryl methyl sites for hydroxylation is 1. The lowest BCUT2D eigenvalue weighted by molar-refractivity contribution is 0.102. The lowest BCUT2D eigenvalue weighted by Crippen LogP contribution is -2.14. The number of halogens is 1. The number of hydrogen-bond acceptors (Lipinski definition) is 3. The molecule has 0 aliphatic heterocycles. The van der Waals surface area contributed by atoms with Crippen molar-refractivity contribution >= 4 is 11.9 Å². The summed E-state index contributed by atoms with van der Waals surface area (Å²) in [6.07, 6.45) is 1.30. The molecule has 0 bridgehead atoms. The summed E-state index contributed by atoms with van der Waals surface area (Å²) >= 11 is 0. The van der Waals surface area contributed by atoms with Gasteiger partial charge in [0.2, 0.25) is 5.95 Å². The van der Waals surface area contributed by atoms with E-state index in [0.717, 1.165) is 5.69 Å². The van der Waals surface area contributed by atoms with Gasteiger partial charge in [0.15, 0.2) is 0 Å². The number of para-hydroxylation sites is 1. The van der Waals surface area contributed by atoms with Gasteiger partial charge in [-0.15, -0.1) is 0 Å². The largest absolute Gasteiger partial charge is 0.315 e. The first-order valence-electron chi connectivity index (χ1n) is 6.68. The van der Waals surface area contributed by atoms with E-state index in [-0.39, 0.29) is 17.7 Å². The van der Waals surface area contributed by atoms with Crippen molar-refractivity contribution in [2.45, 2.75) is 13.8 Å². The molecule has 3 rings (SSSR count). The predicted molar refractivity (Wildman–Crippen MR) is 79.5 cm³/mol. The van der Waals surface area contributed by atoms with Gasteiger partial charge in [-0.25, -0.2) is 9.49 Å². The molecule has 1 aromatic carbocycles. The number of aromatic amines is 1. The number of carbonyl (C=O) groups is 1. The summed E-state index contributed by atoms with van der Waals surface area (Å²) in [7, 11) is 0. The van der Waals surface area contributed by atoms with Gasteiger partial charge in [-0.2, -0.15) is 10.1 Å². The zero-order valence-electron chi connectivity index (χ0n) is 12.1. The maximum absolute atomic E-state index is 14.0. The third kappa shape index (κ3) is 2.37. The Morgan fingerprint density at radius 2 is 2.09 bits per heavy atom. The fraction of sp³-hybridized carbons (Fsp3) is 0.133. The van der Waals surface area contributed by atoms with Crippen molar-refractivity contribution < 1.29 is 9.18 Å². The molecule has 1 amide bonds. The topological polar surface area (TPSA) is 75.6 Å². The highest BCUT2D eigenvalue weighted by atomic mass is 19.1. The molecule has 3 aromatic rings. The Morgan fingerprint density at radius 3 is 2.77 bits per heavy atom. The van der Waals surface area contributed by atoms with E-state index in [0.29, 0.717) is 16.9 Å². The molecule has 6 nitrogen and oxygen atoms in total. The Hall–Kier alpha value is -2.96. The van der Waals surface area contributed by atoms with Gasteiger partial charge < -0.3 is 4.57 Å². The van der Waals surface area contributed by atoms with Crippen LogP contribution in [0.5, 0.6) is 0 Å². The molecule has 7 heteroatoms. The molecule has 0 radical (unpaired) electrons. The molecular formula is C15H14FN5O. The Labute approximate surface area is 126 Å². The molecule has 0 spiro atoms. The average Bonchev–Trinajstić information content (AvgIpc) is 3.08. The van der Waals surface area contributed by atoms with Crippen LogP contribution in [0.2, 0.25) is 0 Å². The minimum absolute atomic E-state index is 0.265. The minimum Gasteiger partial charge on any atom is -0.315 e. The van der Waals surface area contributed by atoms with E-state index in [1.54, 1.807) is 35.8 Å². The Bertz CT molecular complexity index is 823. The van der Waals surface area contributed by atoms with Crippen molar-refractivity contribution in [3.63, 3.8) is 0 Å². The summed E-state index contributed by atoms with van der Waals surface area (Å²) in [6, 6.07) is 8.17. The number of benzene rings is 1. The van der Waals surface area contributed by atoms with Gasteiger partial charge in [0.25, 0.3) is 5.91 Å². The fourth-order valence-corrected chi connectivity index (χ4v) is 2.44. The number of anilines is 1. The fourth-order valence-electron chi connectivity index (χ4n) is 2.44. The summed E-state index contributed by atoms with van der Waals surface area (Å²) in [6.45, 7) is 3.60. The number of nitrogens with one attached hydrogen (secondary N) is 2. The van der Waals surface area contributed by atoms with Gasteiger partial charge in [0.1, 0.15) is 12.1 Å². The molecule has 2 N–H and O–H groups in total. The van der Waals surface area contributed by atoms with Crippen LogP contribution >= 0.6 is 0 Å².